The Labute approximate surface area is 414 Å². The highest BCUT2D eigenvalue weighted by Gasteiger charge is 2.44. The summed E-state index contributed by atoms with van der Waals surface area (Å²) in [6.45, 7) is 4.19. The predicted octanol–water partition coefficient (Wildman–Crippen LogP) is 11.9. The summed E-state index contributed by atoms with van der Waals surface area (Å²) in [5.41, 5.74) is 0. The lowest BCUT2D eigenvalue weighted by atomic mass is 9.99. The summed E-state index contributed by atoms with van der Waals surface area (Å²) in [4.78, 5) is 25.0. The molecule has 11 heteroatoms. The number of aliphatic hydroxyl groups excluding tert-OH is 5. The fourth-order valence-electron chi connectivity index (χ4n) is 8.13. The summed E-state index contributed by atoms with van der Waals surface area (Å²) >= 11 is 0. The van der Waals surface area contributed by atoms with Gasteiger partial charge in [0.15, 0.2) is 6.29 Å². The Hall–Kier alpha value is -2.64. The quantitative estimate of drug-likeness (QED) is 0.0196. The minimum Gasteiger partial charge on any atom is -0.466 e. The second-order valence-electron chi connectivity index (χ2n) is 18.9. The lowest BCUT2D eigenvalue weighted by Crippen LogP contribution is -2.60. The Bertz CT molecular complexity index is 1310. The molecule has 0 saturated carbocycles. The molecule has 68 heavy (non-hydrogen) atoms. The number of unbranched alkanes of at least 4 members (excludes halogenated alkanes) is 24. The Kier molecular flexibility index (Phi) is 43.5. The normalized spacial score (nSPS) is 19.9. The van der Waals surface area contributed by atoms with E-state index >= 15 is 0 Å². The van der Waals surface area contributed by atoms with Gasteiger partial charge in [0.05, 0.1) is 32.0 Å². The van der Waals surface area contributed by atoms with E-state index in [0.29, 0.717) is 19.4 Å². The molecule has 1 aliphatic rings. The first-order chi connectivity index (χ1) is 33.2. The molecule has 7 atom stereocenters. The number of nitrogens with one attached hydrogen (secondary N) is 1. The molecule has 6 N–H and O–H groups in total. The Morgan fingerprint density at radius 1 is 0.544 bits per heavy atom. The van der Waals surface area contributed by atoms with Crippen molar-refractivity contribution in [1.29, 1.82) is 0 Å². The lowest BCUT2D eigenvalue weighted by molar-refractivity contribution is -0.302. The zero-order valence-electron chi connectivity index (χ0n) is 43.0. The van der Waals surface area contributed by atoms with Crippen molar-refractivity contribution in [2.75, 3.05) is 19.8 Å². The molecule has 1 aliphatic heterocycles. The smallest absolute Gasteiger partial charge is 0.305 e. The molecule has 0 bridgehead atoms. The SMILES string of the molecule is CCCC/C=C\C/C=C\CCCCCCCC(=O)OCCCCC/C=C\C/C=C\CCCCCCCCCC(=O)NC(COC1OC(CO)C(O)C(O)C1O)C(O)/C=C/CCCCCCCCC. The summed E-state index contributed by atoms with van der Waals surface area (Å²) in [5.74, 6) is -0.251. The number of hydrogen-bond donors (Lipinski definition) is 6. The maximum Gasteiger partial charge on any atom is 0.305 e. The van der Waals surface area contributed by atoms with Crippen LogP contribution in [0.1, 0.15) is 226 Å². The molecule has 1 fully saturated rings. The molecule has 11 nitrogen and oxygen atoms in total. The molecule has 394 valence electrons. The first-order valence-electron chi connectivity index (χ1n) is 27.6. The first-order valence-corrected chi connectivity index (χ1v) is 27.6. The maximum absolute atomic E-state index is 13.0. The third kappa shape index (κ3) is 36.3. The zero-order valence-corrected chi connectivity index (χ0v) is 43.0. The van der Waals surface area contributed by atoms with Crippen LogP contribution in [0.25, 0.3) is 0 Å². The molecule has 1 heterocycles. The predicted molar refractivity (Wildman–Crippen MR) is 278 cm³/mol. The van der Waals surface area contributed by atoms with E-state index in [0.717, 1.165) is 109 Å². The highest BCUT2D eigenvalue weighted by molar-refractivity contribution is 5.76. The van der Waals surface area contributed by atoms with Crippen LogP contribution in [0.3, 0.4) is 0 Å². The van der Waals surface area contributed by atoms with E-state index in [2.05, 4.69) is 67.8 Å². The molecule has 1 saturated heterocycles. The third-order valence-electron chi connectivity index (χ3n) is 12.6. The van der Waals surface area contributed by atoms with Gasteiger partial charge in [-0.2, -0.15) is 0 Å². The van der Waals surface area contributed by atoms with Crippen LogP contribution in [0.4, 0.5) is 0 Å². The molecule has 0 radical (unpaired) electrons. The fourth-order valence-corrected chi connectivity index (χ4v) is 8.13. The molecule has 1 amide bonds. The minimum atomic E-state index is -1.58. The van der Waals surface area contributed by atoms with Gasteiger partial charge in [0.1, 0.15) is 24.4 Å². The lowest BCUT2D eigenvalue weighted by Gasteiger charge is -2.40. The van der Waals surface area contributed by atoms with Crippen LogP contribution in [-0.2, 0) is 23.8 Å². The van der Waals surface area contributed by atoms with Crippen molar-refractivity contribution in [3.63, 3.8) is 0 Å². The monoisotopic (exact) mass is 960 g/mol. The second-order valence-corrected chi connectivity index (χ2v) is 18.9. The standard InChI is InChI=1S/C57H101NO10/c1-3-5-7-9-11-13-14-15-22-25-29-33-37-41-45-53(62)66-46-42-38-34-30-26-23-20-18-16-17-19-21-24-28-32-36-40-44-52(61)58-49(50(60)43-39-35-31-27-12-10-8-6-4-2)48-67-57-56(65)55(64)54(63)51(47-59)68-57/h9,11,14-16,18,23,26,39,43,49-51,54-57,59-60,63-65H,3-8,10,12-13,17,19-22,24-25,27-38,40-42,44-48H2,1-2H3,(H,58,61)/b11-9-,15-14-,18-16-,26-23-,43-39+. The summed E-state index contributed by atoms with van der Waals surface area (Å²) in [6, 6.07) is -0.822. The molecule has 1 rings (SSSR count). The van der Waals surface area contributed by atoms with Gasteiger partial charge in [-0.05, 0) is 96.3 Å². The molecular weight excluding hydrogens is 859 g/mol. The number of rotatable bonds is 46. The Morgan fingerprint density at radius 3 is 1.53 bits per heavy atom. The van der Waals surface area contributed by atoms with Crippen LogP contribution in [0, 0.1) is 0 Å². The van der Waals surface area contributed by atoms with Crippen LogP contribution in [0.15, 0.2) is 60.8 Å². The van der Waals surface area contributed by atoms with E-state index in [1.165, 1.54) is 89.9 Å². The van der Waals surface area contributed by atoms with Crippen LogP contribution < -0.4 is 5.32 Å². The number of aliphatic hydroxyl groups is 5. The highest BCUT2D eigenvalue weighted by Crippen LogP contribution is 2.23. The second kappa shape index (κ2) is 46.7. The number of amides is 1. The van der Waals surface area contributed by atoms with Crippen molar-refractivity contribution in [2.45, 2.75) is 269 Å². The third-order valence-corrected chi connectivity index (χ3v) is 12.6. The number of allylic oxidation sites excluding steroid dienone is 9. The maximum atomic E-state index is 13.0. The number of carbonyl (C=O) groups excluding carboxylic acids is 2. The summed E-state index contributed by atoms with van der Waals surface area (Å²) in [7, 11) is 0. The largest absolute Gasteiger partial charge is 0.466 e. The van der Waals surface area contributed by atoms with Gasteiger partial charge >= 0.3 is 5.97 Å². The number of carbonyl (C=O) groups is 2. The summed E-state index contributed by atoms with van der Waals surface area (Å²) in [5, 5.41) is 54.1. The van der Waals surface area contributed by atoms with Crippen molar-refractivity contribution in [2.24, 2.45) is 0 Å². The van der Waals surface area contributed by atoms with E-state index < -0.39 is 49.5 Å². The molecular formula is C57H101NO10. The Morgan fingerprint density at radius 2 is 1.00 bits per heavy atom. The van der Waals surface area contributed by atoms with E-state index in [9.17, 15) is 35.1 Å². The van der Waals surface area contributed by atoms with Gasteiger partial charge in [0, 0.05) is 12.8 Å². The molecule has 0 aliphatic carbocycles. The van der Waals surface area contributed by atoms with Crippen molar-refractivity contribution >= 4 is 11.9 Å². The van der Waals surface area contributed by atoms with Crippen molar-refractivity contribution < 1.29 is 49.3 Å². The average Bonchev–Trinajstić information content (AvgIpc) is 3.33. The van der Waals surface area contributed by atoms with E-state index in [1.54, 1.807) is 6.08 Å². The first kappa shape index (κ1) is 63.4. The van der Waals surface area contributed by atoms with Gasteiger partial charge < -0.3 is 45.1 Å². The van der Waals surface area contributed by atoms with Gasteiger partial charge in [-0.3, -0.25) is 9.59 Å². The van der Waals surface area contributed by atoms with E-state index in [-0.39, 0.29) is 18.5 Å². The summed E-state index contributed by atoms with van der Waals surface area (Å²) in [6.07, 6.45) is 48.8. The minimum absolute atomic E-state index is 0.0482. The molecule has 0 spiro atoms. The van der Waals surface area contributed by atoms with Gasteiger partial charge in [0.2, 0.25) is 5.91 Å². The van der Waals surface area contributed by atoms with Crippen molar-refractivity contribution in [1.82, 2.24) is 5.32 Å². The molecule has 0 aromatic rings. The van der Waals surface area contributed by atoms with Crippen LogP contribution in [0.2, 0.25) is 0 Å². The molecule has 0 aromatic carbocycles. The van der Waals surface area contributed by atoms with Crippen LogP contribution in [-0.4, -0.2) is 100 Å². The van der Waals surface area contributed by atoms with Crippen molar-refractivity contribution in [3.05, 3.63) is 60.8 Å². The van der Waals surface area contributed by atoms with Gasteiger partial charge in [-0.15, -0.1) is 0 Å². The fraction of sp³-hybridized carbons (Fsp3) is 0.789. The van der Waals surface area contributed by atoms with Crippen LogP contribution in [0.5, 0.6) is 0 Å². The van der Waals surface area contributed by atoms with Crippen molar-refractivity contribution in [3.8, 4) is 0 Å². The van der Waals surface area contributed by atoms with E-state index in [4.69, 9.17) is 14.2 Å². The number of esters is 1. The average molecular weight is 960 g/mol. The molecule has 0 aromatic heterocycles. The highest BCUT2D eigenvalue weighted by atomic mass is 16.7. The van der Waals surface area contributed by atoms with Gasteiger partial charge in [-0.1, -0.05) is 177 Å². The number of hydrogen-bond acceptors (Lipinski definition) is 10. The van der Waals surface area contributed by atoms with Gasteiger partial charge in [-0.25, -0.2) is 0 Å². The summed E-state index contributed by atoms with van der Waals surface area (Å²) < 4.78 is 16.6. The van der Waals surface area contributed by atoms with E-state index in [1.807, 2.05) is 6.08 Å². The zero-order chi connectivity index (χ0) is 49.6. The topological polar surface area (TPSA) is 175 Å². The Balaban J connectivity index is 2.11. The number of ether oxygens (including phenoxy) is 3. The van der Waals surface area contributed by atoms with Crippen LogP contribution >= 0.6 is 0 Å². The molecule has 7 unspecified atom stereocenters. The van der Waals surface area contributed by atoms with Gasteiger partial charge in [0.25, 0.3) is 0 Å².